The smallest absolute Gasteiger partial charge is 0.404 e. The van der Waals surface area contributed by atoms with Crippen LogP contribution < -0.4 is 16.0 Å². The molecule has 6 nitrogen and oxygen atoms in total. The lowest BCUT2D eigenvalue weighted by molar-refractivity contribution is 0.188. The highest BCUT2D eigenvalue weighted by atomic mass is 16.4. The van der Waals surface area contributed by atoms with Crippen molar-refractivity contribution < 1.29 is 9.90 Å². The van der Waals surface area contributed by atoms with E-state index in [4.69, 9.17) is 10.8 Å². The minimum atomic E-state index is -0.976. The van der Waals surface area contributed by atoms with Gasteiger partial charge in [-0.25, -0.2) is 4.79 Å². The molecule has 2 heterocycles. The van der Waals surface area contributed by atoms with Crippen molar-refractivity contribution in [2.75, 3.05) is 23.7 Å². The highest BCUT2D eigenvalue weighted by molar-refractivity contribution is 5.67. The van der Waals surface area contributed by atoms with Gasteiger partial charge in [0.1, 0.15) is 0 Å². The van der Waals surface area contributed by atoms with E-state index in [2.05, 4.69) is 15.2 Å². The molecule has 0 aromatic carbocycles. The van der Waals surface area contributed by atoms with Gasteiger partial charge in [-0.15, -0.1) is 0 Å². The molecule has 0 bridgehead atoms. The van der Waals surface area contributed by atoms with E-state index in [0.717, 1.165) is 25.1 Å². The predicted molar refractivity (Wildman–Crippen MR) is 65.0 cm³/mol. The van der Waals surface area contributed by atoms with Gasteiger partial charge in [0.2, 0.25) is 0 Å². The summed E-state index contributed by atoms with van der Waals surface area (Å²) in [5, 5.41) is 11.2. The zero-order valence-corrected chi connectivity index (χ0v) is 9.47. The Balaban J connectivity index is 2.07. The van der Waals surface area contributed by atoms with Crippen LogP contribution in [0.25, 0.3) is 0 Å². The summed E-state index contributed by atoms with van der Waals surface area (Å²) in [5.41, 5.74) is 7.44. The number of hydrogen-bond donors (Lipinski definition) is 3. The molecular weight excluding hydrogens is 220 g/mol. The molecule has 1 aromatic rings. The van der Waals surface area contributed by atoms with Crippen molar-refractivity contribution in [2.45, 2.75) is 18.9 Å². The number of nitrogens with one attached hydrogen (secondary N) is 1. The van der Waals surface area contributed by atoms with Crippen LogP contribution in [0.4, 0.5) is 16.2 Å². The normalized spacial score (nSPS) is 20.0. The van der Waals surface area contributed by atoms with Crippen LogP contribution in [0.2, 0.25) is 0 Å². The zero-order chi connectivity index (χ0) is 12.3. The van der Waals surface area contributed by atoms with Crippen LogP contribution in [0, 0.1) is 0 Å². The Hall–Kier alpha value is -1.98. The van der Waals surface area contributed by atoms with Crippen LogP contribution >= 0.6 is 0 Å². The van der Waals surface area contributed by atoms with Crippen molar-refractivity contribution >= 4 is 17.5 Å². The van der Waals surface area contributed by atoms with Crippen molar-refractivity contribution in [1.82, 2.24) is 10.3 Å². The van der Waals surface area contributed by atoms with E-state index in [9.17, 15) is 4.79 Å². The lowest BCUT2D eigenvalue weighted by atomic mass is 10.1. The molecule has 1 saturated heterocycles. The maximum absolute atomic E-state index is 10.6. The first-order valence-corrected chi connectivity index (χ1v) is 5.60. The standard InChI is InChI=1S/C11H16N4O2/c12-9-3-4-13-6-10(9)15-5-1-2-8(7-15)14-11(16)17/h3-4,6,8,14H,1-2,5,7H2,(H2,12,13)(H,16,17). The Morgan fingerprint density at radius 3 is 3.18 bits per heavy atom. The minimum Gasteiger partial charge on any atom is -0.465 e. The van der Waals surface area contributed by atoms with E-state index in [0.29, 0.717) is 12.2 Å². The molecule has 0 radical (unpaired) electrons. The first-order chi connectivity index (χ1) is 8.16. The zero-order valence-electron chi connectivity index (χ0n) is 9.47. The van der Waals surface area contributed by atoms with Gasteiger partial charge in [0, 0.05) is 25.3 Å². The van der Waals surface area contributed by atoms with Crippen LogP contribution in [0.5, 0.6) is 0 Å². The van der Waals surface area contributed by atoms with E-state index in [1.165, 1.54) is 0 Å². The van der Waals surface area contributed by atoms with Crippen LogP contribution in [-0.4, -0.2) is 35.3 Å². The number of piperidine rings is 1. The number of nitrogens with zero attached hydrogens (tertiary/aromatic N) is 2. The van der Waals surface area contributed by atoms with Crippen LogP contribution in [0.1, 0.15) is 12.8 Å². The molecule has 1 aromatic heterocycles. The monoisotopic (exact) mass is 236 g/mol. The fourth-order valence-electron chi connectivity index (χ4n) is 2.15. The minimum absolute atomic E-state index is 0.0409. The molecule has 6 heteroatoms. The molecule has 0 spiro atoms. The number of carboxylic acid groups (broad SMARTS) is 1. The largest absolute Gasteiger partial charge is 0.465 e. The van der Waals surface area contributed by atoms with Gasteiger partial charge in [0.25, 0.3) is 0 Å². The lowest BCUT2D eigenvalue weighted by Crippen LogP contribution is -2.47. The second-order valence-corrected chi connectivity index (χ2v) is 4.17. The molecular formula is C11H16N4O2. The number of rotatable bonds is 2. The number of pyridine rings is 1. The number of amides is 1. The van der Waals surface area contributed by atoms with E-state index in [1.54, 1.807) is 18.5 Å². The van der Waals surface area contributed by atoms with Crippen molar-refractivity contribution in [3.05, 3.63) is 18.5 Å². The first-order valence-electron chi connectivity index (χ1n) is 5.60. The van der Waals surface area contributed by atoms with Crippen molar-refractivity contribution in [1.29, 1.82) is 0 Å². The first kappa shape index (κ1) is 11.5. The number of nitrogens with two attached hydrogens (primary N) is 1. The van der Waals surface area contributed by atoms with Gasteiger partial charge in [-0.3, -0.25) is 4.98 Å². The van der Waals surface area contributed by atoms with Crippen LogP contribution in [-0.2, 0) is 0 Å². The van der Waals surface area contributed by atoms with Gasteiger partial charge in [-0.05, 0) is 18.9 Å². The maximum atomic E-state index is 10.6. The summed E-state index contributed by atoms with van der Waals surface area (Å²) < 4.78 is 0. The van der Waals surface area contributed by atoms with Crippen molar-refractivity contribution in [3.8, 4) is 0 Å². The van der Waals surface area contributed by atoms with Gasteiger partial charge >= 0.3 is 6.09 Å². The SMILES string of the molecule is Nc1ccncc1N1CCCC(NC(=O)O)C1. The summed E-state index contributed by atoms with van der Waals surface area (Å²) in [6.07, 6.45) is 4.20. The number of hydrogen-bond acceptors (Lipinski definition) is 4. The Bertz CT molecular complexity index is 410. The molecule has 1 unspecified atom stereocenters. The molecule has 1 fully saturated rings. The average molecular weight is 236 g/mol. The molecule has 2 rings (SSSR count). The Labute approximate surface area is 99.4 Å². The van der Waals surface area contributed by atoms with E-state index >= 15 is 0 Å². The fraction of sp³-hybridized carbons (Fsp3) is 0.455. The number of nitrogen functional groups attached to an aromatic ring is 1. The highest BCUT2D eigenvalue weighted by Gasteiger charge is 2.22. The molecule has 1 aliphatic rings. The average Bonchev–Trinajstić information content (AvgIpc) is 2.29. The molecule has 1 aliphatic heterocycles. The summed E-state index contributed by atoms with van der Waals surface area (Å²) in [4.78, 5) is 16.7. The summed E-state index contributed by atoms with van der Waals surface area (Å²) in [6, 6.07) is 1.71. The predicted octanol–water partition coefficient (Wildman–Crippen LogP) is 0.900. The van der Waals surface area contributed by atoms with E-state index in [1.807, 2.05) is 0 Å². The second kappa shape index (κ2) is 4.90. The van der Waals surface area contributed by atoms with Gasteiger partial charge < -0.3 is 21.1 Å². The maximum Gasteiger partial charge on any atom is 0.404 e. The summed E-state index contributed by atoms with van der Waals surface area (Å²) in [6.45, 7) is 1.52. The molecule has 17 heavy (non-hydrogen) atoms. The third kappa shape index (κ3) is 2.77. The van der Waals surface area contributed by atoms with E-state index in [-0.39, 0.29) is 6.04 Å². The van der Waals surface area contributed by atoms with Crippen molar-refractivity contribution in [2.24, 2.45) is 0 Å². The molecule has 1 amide bonds. The molecule has 4 N–H and O–H groups in total. The summed E-state index contributed by atoms with van der Waals surface area (Å²) in [5.74, 6) is 0. The third-order valence-corrected chi connectivity index (χ3v) is 2.92. The van der Waals surface area contributed by atoms with Crippen molar-refractivity contribution in [3.63, 3.8) is 0 Å². The Morgan fingerprint density at radius 1 is 1.65 bits per heavy atom. The highest BCUT2D eigenvalue weighted by Crippen LogP contribution is 2.24. The van der Waals surface area contributed by atoms with Crippen LogP contribution in [0.3, 0.4) is 0 Å². The quantitative estimate of drug-likeness (QED) is 0.709. The second-order valence-electron chi connectivity index (χ2n) is 4.17. The van der Waals surface area contributed by atoms with Gasteiger partial charge in [0.05, 0.1) is 17.6 Å². The van der Waals surface area contributed by atoms with Gasteiger partial charge in [0.15, 0.2) is 0 Å². The topological polar surface area (TPSA) is 91.5 Å². The number of anilines is 2. The van der Waals surface area contributed by atoms with Crippen LogP contribution in [0.15, 0.2) is 18.5 Å². The summed E-state index contributed by atoms with van der Waals surface area (Å²) in [7, 11) is 0. The summed E-state index contributed by atoms with van der Waals surface area (Å²) >= 11 is 0. The Morgan fingerprint density at radius 2 is 2.47 bits per heavy atom. The number of aromatic nitrogens is 1. The van der Waals surface area contributed by atoms with E-state index < -0.39 is 6.09 Å². The molecule has 92 valence electrons. The number of carbonyl (C=O) groups is 1. The Kier molecular flexibility index (Phi) is 3.32. The van der Waals surface area contributed by atoms with Gasteiger partial charge in [-0.2, -0.15) is 0 Å². The molecule has 0 saturated carbocycles. The molecule has 1 atom stereocenters. The molecule has 0 aliphatic carbocycles. The third-order valence-electron chi connectivity index (χ3n) is 2.92. The lowest BCUT2D eigenvalue weighted by Gasteiger charge is -2.34. The fourth-order valence-corrected chi connectivity index (χ4v) is 2.15. The van der Waals surface area contributed by atoms with Gasteiger partial charge in [-0.1, -0.05) is 0 Å².